The van der Waals surface area contributed by atoms with Gasteiger partial charge >= 0.3 is 0 Å². The van der Waals surface area contributed by atoms with E-state index >= 15 is 0 Å². The van der Waals surface area contributed by atoms with Crippen molar-refractivity contribution in [3.8, 4) is 0 Å². The van der Waals surface area contributed by atoms with Crippen LogP contribution in [0.25, 0.3) is 0 Å². The fourth-order valence-corrected chi connectivity index (χ4v) is 1.95. The number of rotatable bonds is 5. The first kappa shape index (κ1) is 11.3. The van der Waals surface area contributed by atoms with Gasteiger partial charge in [0.25, 0.3) is 0 Å². The van der Waals surface area contributed by atoms with Gasteiger partial charge in [-0.25, -0.2) is 14.4 Å². The summed E-state index contributed by atoms with van der Waals surface area (Å²) in [5.74, 6) is 0.896. The van der Waals surface area contributed by atoms with Crippen molar-refractivity contribution in [1.82, 2.24) is 9.97 Å². The van der Waals surface area contributed by atoms with E-state index in [0.29, 0.717) is 17.9 Å². The van der Waals surface area contributed by atoms with Crippen LogP contribution in [-0.2, 0) is 6.42 Å². The lowest BCUT2D eigenvalue weighted by molar-refractivity contribution is 0.302. The standard InChI is InChI=1S/C12H18FN3/c1-2-10-11(13)12(16-8-15-10)14-7-6-9-4-3-5-9/h8-9H,2-7H2,1H3,(H,14,15,16). The van der Waals surface area contributed by atoms with Gasteiger partial charge < -0.3 is 5.32 Å². The molecule has 16 heavy (non-hydrogen) atoms. The zero-order chi connectivity index (χ0) is 11.4. The molecule has 0 aromatic carbocycles. The molecule has 1 saturated carbocycles. The molecule has 0 atom stereocenters. The second kappa shape index (κ2) is 5.23. The lowest BCUT2D eigenvalue weighted by Gasteiger charge is -2.25. The van der Waals surface area contributed by atoms with Crippen molar-refractivity contribution < 1.29 is 4.39 Å². The first-order valence-corrected chi connectivity index (χ1v) is 6.04. The third-order valence-electron chi connectivity index (χ3n) is 3.27. The molecule has 4 heteroatoms. The van der Waals surface area contributed by atoms with Crippen LogP contribution in [0.5, 0.6) is 0 Å². The van der Waals surface area contributed by atoms with Crippen LogP contribution in [0.1, 0.15) is 38.3 Å². The zero-order valence-corrected chi connectivity index (χ0v) is 9.67. The summed E-state index contributed by atoms with van der Waals surface area (Å²) < 4.78 is 13.7. The van der Waals surface area contributed by atoms with Gasteiger partial charge in [0, 0.05) is 6.54 Å². The van der Waals surface area contributed by atoms with Crippen molar-refractivity contribution in [3.05, 3.63) is 17.8 Å². The molecule has 1 aromatic heterocycles. The van der Waals surface area contributed by atoms with Gasteiger partial charge in [-0.05, 0) is 18.8 Å². The number of aryl methyl sites for hydroxylation is 1. The fourth-order valence-electron chi connectivity index (χ4n) is 1.95. The van der Waals surface area contributed by atoms with Crippen molar-refractivity contribution >= 4 is 5.82 Å². The van der Waals surface area contributed by atoms with Crippen LogP contribution >= 0.6 is 0 Å². The number of hydrogen-bond donors (Lipinski definition) is 1. The first-order valence-electron chi connectivity index (χ1n) is 6.04. The van der Waals surface area contributed by atoms with Gasteiger partial charge in [-0.1, -0.05) is 26.2 Å². The number of halogens is 1. The number of nitrogens with zero attached hydrogens (tertiary/aromatic N) is 2. The molecule has 3 nitrogen and oxygen atoms in total. The minimum Gasteiger partial charge on any atom is -0.368 e. The van der Waals surface area contributed by atoms with Gasteiger partial charge in [-0.3, -0.25) is 0 Å². The van der Waals surface area contributed by atoms with Crippen molar-refractivity contribution in [3.63, 3.8) is 0 Å². The summed E-state index contributed by atoms with van der Waals surface area (Å²) in [6, 6.07) is 0. The number of nitrogens with one attached hydrogen (secondary N) is 1. The van der Waals surface area contributed by atoms with Gasteiger partial charge in [0.05, 0.1) is 5.69 Å². The van der Waals surface area contributed by atoms with Crippen molar-refractivity contribution in [2.24, 2.45) is 5.92 Å². The molecule has 0 radical (unpaired) electrons. The van der Waals surface area contributed by atoms with E-state index in [4.69, 9.17) is 0 Å². The molecule has 1 aromatic rings. The second-order valence-corrected chi connectivity index (χ2v) is 4.35. The smallest absolute Gasteiger partial charge is 0.186 e. The van der Waals surface area contributed by atoms with Crippen LogP contribution in [-0.4, -0.2) is 16.5 Å². The molecule has 1 N–H and O–H groups in total. The number of anilines is 1. The molecule has 1 fully saturated rings. The highest BCUT2D eigenvalue weighted by Crippen LogP contribution is 2.29. The zero-order valence-electron chi connectivity index (χ0n) is 9.67. The molecule has 0 aliphatic heterocycles. The molecule has 1 heterocycles. The van der Waals surface area contributed by atoms with E-state index in [2.05, 4.69) is 15.3 Å². The van der Waals surface area contributed by atoms with Gasteiger partial charge in [0.1, 0.15) is 6.33 Å². The Morgan fingerprint density at radius 1 is 1.44 bits per heavy atom. The van der Waals surface area contributed by atoms with E-state index in [1.807, 2.05) is 6.92 Å². The molecule has 0 bridgehead atoms. The topological polar surface area (TPSA) is 37.8 Å². The molecule has 0 unspecified atom stereocenters. The Kier molecular flexibility index (Phi) is 3.70. The quantitative estimate of drug-likeness (QED) is 0.834. The summed E-state index contributed by atoms with van der Waals surface area (Å²) in [5.41, 5.74) is 0.487. The highest BCUT2D eigenvalue weighted by molar-refractivity contribution is 5.37. The Balaban J connectivity index is 1.87. The SMILES string of the molecule is CCc1ncnc(NCCC2CCC2)c1F. The van der Waals surface area contributed by atoms with Crippen molar-refractivity contribution in [1.29, 1.82) is 0 Å². The lowest BCUT2D eigenvalue weighted by Crippen LogP contribution is -2.16. The average Bonchev–Trinajstić information content (AvgIpc) is 2.24. The molecule has 0 amide bonds. The third-order valence-corrected chi connectivity index (χ3v) is 3.27. The average molecular weight is 223 g/mol. The minimum absolute atomic E-state index is 0.293. The minimum atomic E-state index is -0.293. The summed E-state index contributed by atoms with van der Waals surface area (Å²) in [6.45, 7) is 2.70. The fraction of sp³-hybridized carbons (Fsp3) is 0.667. The molecule has 0 spiro atoms. The van der Waals surface area contributed by atoms with Crippen LogP contribution in [0.4, 0.5) is 10.2 Å². The summed E-state index contributed by atoms with van der Waals surface area (Å²) in [4.78, 5) is 7.83. The Morgan fingerprint density at radius 3 is 2.88 bits per heavy atom. The largest absolute Gasteiger partial charge is 0.368 e. The van der Waals surface area contributed by atoms with E-state index < -0.39 is 0 Å². The third kappa shape index (κ3) is 2.49. The molecule has 1 aliphatic carbocycles. The van der Waals surface area contributed by atoms with Crippen LogP contribution in [0, 0.1) is 11.7 Å². The van der Waals surface area contributed by atoms with Gasteiger partial charge in [-0.2, -0.15) is 0 Å². The van der Waals surface area contributed by atoms with E-state index in [0.717, 1.165) is 18.9 Å². The van der Waals surface area contributed by atoms with E-state index in [9.17, 15) is 4.39 Å². The number of hydrogen-bond acceptors (Lipinski definition) is 3. The van der Waals surface area contributed by atoms with Crippen molar-refractivity contribution in [2.45, 2.75) is 39.0 Å². The molecule has 88 valence electrons. The number of aromatic nitrogens is 2. The summed E-state index contributed by atoms with van der Waals surface area (Å²) in [7, 11) is 0. The predicted octanol–water partition coefficient (Wildman–Crippen LogP) is 2.78. The first-order chi connectivity index (χ1) is 7.81. The lowest BCUT2D eigenvalue weighted by atomic mass is 9.83. The van der Waals surface area contributed by atoms with E-state index in [-0.39, 0.29) is 5.82 Å². The maximum absolute atomic E-state index is 13.7. The van der Waals surface area contributed by atoms with Gasteiger partial charge in [0.15, 0.2) is 11.6 Å². The van der Waals surface area contributed by atoms with E-state index in [1.165, 1.54) is 25.6 Å². The molecule has 2 rings (SSSR count). The molecule has 0 saturated heterocycles. The molecular formula is C12H18FN3. The van der Waals surface area contributed by atoms with Crippen LogP contribution in [0.15, 0.2) is 6.33 Å². The Morgan fingerprint density at radius 2 is 2.25 bits per heavy atom. The van der Waals surface area contributed by atoms with Crippen molar-refractivity contribution in [2.75, 3.05) is 11.9 Å². The summed E-state index contributed by atoms with van der Waals surface area (Å²) in [5, 5.41) is 3.06. The Labute approximate surface area is 95.5 Å². The van der Waals surface area contributed by atoms with Crippen LogP contribution < -0.4 is 5.32 Å². The normalized spacial score (nSPS) is 15.9. The van der Waals surface area contributed by atoms with E-state index in [1.54, 1.807) is 0 Å². The Bertz CT molecular complexity index is 350. The van der Waals surface area contributed by atoms with Crippen LogP contribution in [0.3, 0.4) is 0 Å². The monoisotopic (exact) mass is 223 g/mol. The maximum Gasteiger partial charge on any atom is 0.186 e. The summed E-state index contributed by atoms with van der Waals surface area (Å²) >= 11 is 0. The van der Waals surface area contributed by atoms with Gasteiger partial charge in [0.2, 0.25) is 0 Å². The summed E-state index contributed by atoms with van der Waals surface area (Å²) in [6.07, 6.45) is 7.15. The molecule has 1 aliphatic rings. The highest BCUT2D eigenvalue weighted by atomic mass is 19.1. The highest BCUT2D eigenvalue weighted by Gasteiger charge is 2.17. The predicted molar refractivity (Wildman–Crippen MR) is 61.8 cm³/mol. The van der Waals surface area contributed by atoms with Crippen LogP contribution in [0.2, 0.25) is 0 Å². The van der Waals surface area contributed by atoms with Gasteiger partial charge in [-0.15, -0.1) is 0 Å². The maximum atomic E-state index is 13.7. The Hall–Kier alpha value is -1.19. The molecular weight excluding hydrogens is 205 g/mol. The second-order valence-electron chi connectivity index (χ2n) is 4.35.